The van der Waals surface area contributed by atoms with E-state index in [9.17, 15) is 9.90 Å². The predicted octanol–water partition coefficient (Wildman–Crippen LogP) is 3.34. The number of methoxy groups -OCH3 is 1. The average Bonchev–Trinajstić information content (AvgIpc) is 3.26. The number of ketones is 1. The van der Waals surface area contributed by atoms with Crippen molar-refractivity contribution in [2.75, 3.05) is 7.11 Å². The molecule has 0 saturated heterocycles. The topological polar surface area (TPSA) is 101 Å². The molecular weight excluding hydrogens is 330 g/mol. The number of carbonyl (C=O) groups excluding carboxylic acids is 1. The third kappa shape index (κ3) is 3.66. The SMILES string of the molecule is COc1cccc(Sc2cc(C(O)=CC(=O)c3ncn[nH]3)co2)c1. The number of hydrogen-bond donors (Lipinski definition) is 2. The maximum Gasteiger partial charge on any atom is 0.226 e. The van der Waals surface area contributed by atoms with Gasteiger partial charge in [0, 0.05) is 17.0 Å². The van der Waals surface area contributed by atoms with Gasteiger partial charge >= 0.3 is 0 Å². The standard InChI is InChI=1S/C16H13N3O4S/c1-22-11-3-2-4-12(6-11)24-15-5-10(8-23-15)13(20)7-14(21)16-17-9-18-19-16/h2-9,20H,1H3,(H,17,18,19). The molecule has 0 radical (unpaired) electrons. The summed E-state index contributed by atoms with van der Waals surface area (Å²) >= 11 is 1.37. The zero-order chi connectivity index (χ0) is 16.9. The minimum Gasteiger partial charge on any atom is -0.507 e. The van der Waals surface area contributed by atoms with E-state index in [1.165, 1.54) is 24.4 Å². The lowest BCUT2D eigenvalue weighted by Crippen LogP contribution is -1.98. The van der Waals surface area contributed by atoms with Crippen LogP contribution in [0, 0.1) is 0 Å². The number of nitrogens with zero attached hydrogens (tertiary/aromatic N) is 2. The number of carbonyl (C=O) groups is 1. The van der Waals surface area contributed by atoms with Crippen molar-refractivity contribution >= 4 is 23.3 Å². The Bertz CT molecular complexity index is 871. The summed E-state index contributed by atoms with van der Waals surface area (Å²) in [6.45, 7) is 0. The van der Waals surface area contributed by atoms with Gasteiger partial charge < -0.3 is 14.3 Å². The number of allylic oxidation sites excluding steroid dienone is 1. The normalized spacial score (nSPS) is 11.5. The highest BCUT2D eigenvalue weighted by Crippen LogP contribution is 2.32. The van der Waals surface area contributed by atoms with Crippen LogP contribution in [0.4, 0.5) is 0 Å². The van der Waals surface area contributed by atoms with Crippen LogP contribution in [0.25, 0.3) is 5.76 Å². The Morgan fingerprint density at radius 3 is 3.04 bits per heavy atom. The summed E-state index contributed by atoms with van der Waals surface area (Å²) in [5.74, 6) is 0.106. The number of ether oxygens (including phenoxy) is 1. The van der Waals surface area contributed by atoms with Crippen LogP contribution in [0.15, 0.2) is 63.4 Å². The van der Waals surface area contributed by atoms with Gasteiger partial charge in [-0.2, -0.15) is 5.10 Å². The molecule has 2 heterocycles. The smallest absolute Gasteiger partial charge is 0.226 e. The predicted molar refractivity (Wildman–Crippen MR) is 87.1 cm³/mol. The van der Waals surface area contributed by atoms with Crippen molar-refractivity contribution in [3.63, 3.8) is 0 Å². The highest BCUT2D eigenvalue weighted by Gasteiger charge is 2.12. The molecule has 24 heavy (non-hydrogen) atoms. The number of benzene rings is 1. The fourth-order valence-corrected chi connectivity index (χ4v) is 2.72. The number of H-pyrrole nitrogens is 1. The van der Waals surface area contributed by atoms with Crippen molar-refractivity contribution in [3.8, 4) is 5.75 Å². The summed E-state index contributed by atoms with van der Waals surface area (Å²) in [4.78, 5) is 16.5. The molecule has 0 amide bonds. The van der Waals surface area contributed by atoms with E-state index in [0.717, 1.165) is 16.7 Å². The molecular formula is C16H13N3O4S. The molecule has 0 aliphatic rings. The Morgan fingerprint density at radius 1 is 1.42 bits per heavy atom. The molecule has 0 spiro atoms. The van der Waals surface area contributed by atoms with Gasteiger partial charge in [-0.1, -0.05) is 17.8 Å². The number of furan rings is 1. The van der Waals surface area contributed by atoms with Crippen LogP contribution in [0.3, 0.4) is 0 Å². The second-order valence-corrected chi connectivity index (χ2v) is 5.74. The van der Waals surface area contributed by atoms with E-state index in [1.807, 2.05) is 24.3 Å². The monoisotopic (exact) mass is 343 g/mol. The molecule has 2 aromatic heterocycles. The van der Waals surface area contributed by atoms with Crippen molar-refractivity contribution in [2.45, 2.75) is 9.99 Å². The second kappa shape index (κ2) is 7.05. The Kier molecular flexibility index (Phi) is 4.66. The lowest BCUT2D eigenvalue weighted by Gasteiger charge is -2.01. The Morgan fingerprint density at radius 2 is 2.29 bits per heavy atom. The molecule has 0 unspecified atom stereocenters. The zero-order valence-electron chi connectivity index (χ0n) is 12.6. The van der Waals surface area contributed by atoms with Crippen LogP contribution in [0.2, 0.25) is 0 Å². The molecule has 0 bridgehead atoms. The van der Waals surface area contributed by atoms with E-state index in [-0.39, 0.29) is 11.6 Å². The van der Waals surface area contributed by atoms with E-state index in [2.05, 4.69) is 15.2 Å². The zero-order valence-corrected chi connectivity index (χ0v) is 13.4. The minimum atomic E-state index is -0.479. The van der Waals surface area contributed by atoms with Crippen molar-refractivity contribution in [3.05, 3.63) is 60.4 Å². The van der Waals surface area contributed by atoms with Crippen LogP contribution < -0.4 is 4.74 Å². The first kappa shape index (κ1) is 15.9. The molecule has 3 rings (SSSR count). The van der Waals surface area contributed by atoms with E-state index < -0.39 is 5.78 Å². The van der Waals surface area contributed by atoms with Gasteiger partial charge in [0.15, 0.2) is 10.9 Å². The molecule has 0 atom stereocenters. The summed E-state index contributed by atoms with van der Waals surface area (Å²) in [7, 11) is 1.60. The fraction of sp³-hybridized carbons (Fsp3) is 0.0625. The number of nitrogens with one attached hydrogen (secondary N) is 1. The van der Waals surface area contributed by atoms with Crippen LogP contribution in [-0.4, -0.2) is 33.2 Å². The highest BCUT2D eigenvalue weighted by molar-refractivity contribution is 7.99. The molecule has 122 valence electrons. The van der Waals surface area contributed by atoms with Gasteiger partial charge in [0.1, 0.15) is 24.1 Å². The maximum atomic E-state index is 11.8. The number of hydrogen-bond acceptors (Lipinski definition) is 7. The Labute approximate surface area is 141 Å². The molecule has 0 aliphatic carbocycles. The van der Waals surface area contributed by atoms with Gasteiger partial charge in [-0.3, -0.25) is 9.89 Å². The largest absolute Gasteiger partial charge is 0.507 e. The molecule has 2 N–H and O–H groups in total. The van der Waals surface area contributed by atoms with Crippen molar-refractivity contribution in [1.29, 1.82) is 0 Å². The lowest BCUT2D eigenvalue weighted by atomic mass is 10.2. The van der Waals surface area contributed by atoms with Crippen LogP contribution >= 0.6 is 11.8 Å². The van der Waals surface area contributed by atoms with Gasteiger partial charge in [-0.25, -0.2) is 4.98 Å². The van der Waals surface area contributed by atoms with Crippen molar-refractivity contribution in [2.24, 2.45) is 0 Å². The summed E-state index contributed by atoms with van der Waals surface area (Å²) in [5.41, 5.74) is 0.397. The van der Waals surface area contributed by atoms with Crippen LogP contribution in [0.5, 0.6) is 5.75 Å². The number of rotatable bonds is 6. The molecule has 0 saturated carbocycles. The van der Waals surface area contributed by atoms with Gasteiger partial charge in [0.25, 0.3) is 0 Å². The summed E-state index contributed by atoms with van der Waals surface area (Å²) in [6.07, 6.45) is 3.66. The minimum absolute atomic E-state index is 0.0519. The summed E-state index contributed by atoms with van der Waals surface area (Å²) < 4.78 is 10.6. The third-order valence-electron chi connectivity index (χ3n) is 3.05. The first-order valence-electron chi connectivity index (χ1n) is 6.87. The fourth-order valence-electron chi connectivity index (χ4n) is 1.89. The molecule has 7 nitrogen and oxygen atoms in total. The summed E-state index contributed by atoms with van der Waals surface area (Å²) in [6, 6.07) is 9.15. The number of aliphatic hydroxyl groups excluding tert-OH is 1. The first-order chi connectivity index (χ1) is 11.7. The lowest BCUT2D eigenvalue weighted by molar-refractivity contribution is 0.103. The third-order valence-corrected chi connectivity index (χ3v) is 3.95. The molecule has 8 heteroatoms. The Balaban J connectivity index is 1.73. The molecule has 0 aliphatic heterocycles. The quantitative estimate of drug-likeness (QED) is 0.402. The van der Waals surface area contributed by atoms with E-state index in [1.54, 1.807) is 13.2 Å². The van der Waals surface area contributed by atoms with Gasteiger partial charge in [-0.15, -0.1) is 0 Å². The Hall–Kier alpha value is -3.00. The molecule has 1 aromatic carbocycles. The maximum absolute atomic E-state index is 11.8. The number of aromatic amines is 1. The van der Waals surface area contributed by atoms with Gasteiger partial charge in [0.05, 0.1) is 12.7 Å². The summed E-state index contributed by atoms with van der Waals surface area (Å²) in [5, 5.41) is 16.6. The van der Waals surface area contributed by atoms with Gasteiger partial charge in [0.2, 0.25) is 5.78 Å². The van der Waals surface area contributed by atoms with E-state index in [4.69, 9.17) is 9.15 Å². The van der Waals surface area contributed by atoms with Crippen LogP contribution in [-0.2, 0) is 0 Å². The van der Waals surface area contributed by atoms with Crippen LogP contribution in [0.1, 0.15) is 16.2 Å². The highest BCUT2D eigenvalue weighted by atomic mass is 32.2. The number of aliphatic hydroxyl groups is 1. The average molecular weight is 343 g/mol. The van der Waals surface area contributed by atoms with Gasteiger partial charge in [-0.05, 0) is 18.2 Å². The molecule has 3 aromatic rings. The number of aromatic nitrogens is 3. The second-order valence-electron chi connectivity index (χ2n) is 4.66. The van der Waals surface area contributed by atoms with E-state index in [0.29, 0.717) is 10.7 Å². The first-order valence-corrected chi connectivity index (χ1v) is 7.68. The van der Waals surface area contributed by atoms with Crippen molar-refractivity contribution < 1.29 is 19.1 Å². The molecule has 0 fully saturated rings. The van der Waals surface area contributed by atoms with Crippen molar-refractivity contribution in [1.82, 2.24) is 15.2 Å². The van der Waals surface area contributed by atoms with E-state index >= 15 is 0 Å².